The van der Waals surface area contributed by atoms with E-state index in [0.717, 1.165) is 28.4 Å². The van der Waals surface area contributed by atoms with Crippen molar-refractivity contribution in [2.45, 2.75) is 26.2 Å². The quantitative estimate of drug-likeness (QED) is 0.842. The van der Waals surface area contributed by atoms with Crippen LogP contribution in [-0.2, 0) is 4.79 Å². The van der Waals surface area contributed by atoms with Crippen LogP contribution in [0.4, 0.5) is 14.5 Å². The third kappa shape index (κ3) is 2.42. The Labute approximate surface area is 121 Å². The highest BCUT2D eigenvalue weighted by atomic mass is 19.2. The molecule has 0 spiro atoms. The van der Waals surface area contributed by atoms with Crippen molar-refractivity contribution in [3.63, 3.8) is 0 Å². The van der Waals surface area contributed by atoms with E-state index < -0.39 is 11.6 Å². The average molecular weight is 287 g/mol. The van der Waals surface area contributed by atoms with Crippen molar-refractivity contribution < 1.29 is 13.6 Å². The molecule has 3 rings (SSSR count). The van der Waals surface area contributed by atoms with Gasteiger partial charge >= 0.3 is 0 Å². The van der Waals surface area contributed by atoms with Gasteiger partial charge in [-0.05, 0) is 54.3 Å². The zero-order valence-electron chi connectivity index (χ0n) is 11.8. The Bertz CT molecular complexity index is 740. The Morgan fingerprint density at radius 3 is 2.48 bits per heavy atom. The molecule has 21 heavy (non-hydrogen) atoms. The molecule has 0 aromatic heterocycles. The van der Waals surface area contributed by atoms with Crippen molar-refractivity contribution in [2.24, 2.45) is 0 Å². The largest absolute Gasteiger partial charge is 0.326 e. The van der Waals surface area contributed by atoms with Crippen LogP contribution in [0.15, 0.2) is 30.3 Å². The van der Waals surface area contributed by atoms with Crippen LogP contribution in [0.1, 0.15) is 34.6 Å². The number of hydrogen-bond donors (Lipinski definition) is 1. The molecule has 2 aromatic carbocycles. The van der Waals surface area contributed by atoms with E-state index in [2.05, 4.69) is 5.32 Å². The predicted octanol–water partition coefficient (Wildman–Crippen LogP) is 4.06. The molecular weight excluding hydrogens is 272 g/mol. The molecule has 4 heteroatoms. The molecule has 1 heterocycles. The third-order valence-electron chi connectivity index (χ3n) is 4.05. The van der Waals surface area contributed by atoms with Crippen molar-refractivity contribution in [3.05, 3.63) is 64.2 Å². The van der Waals surface area contributed by atoms with Gasteiger partial charge in [0.15, 0.2) is 11.6 Å². The number of fused-ring (bicyclic) bond motifs is 1. The molecule has 0 radical (unpaired) electrons. The molecule has 0 unspecified atom stereocenters. The summed E-state index contributed by atoms with van der Waals surface area (Å²) in [6.07, 6.45) is 0.237. The molecule has 0 fully saturated rings. The summed E-state index contributed by atoms with van der Waals surface area (Å²) in [4.78, 5) is 11.9. The maximum Gasteiger partial charge on any atom is 0.225 e. The smallest absolute Gasteiger partial charge is 0.225 e. The summed E-state index contributed by atoms with van der Waals surface area (Å²) >= 11 is 0. The highest BCUT2D eigenvalue weighted by molar-refractivity contribution is 5.95. The van der Waals surface area contributed by atoms with Crippen LogP contribution >= 0.6 is 0 Å². The average Bonchev–Trinajstić information content (AvgIpc) is 2.43. The highest BCUT2D eigenvalue weighted by Gasteiger charge is 2.27. The van der Waals surface area contributed by atoms with Gasteiger partial charge in [0.05, 0.1) is 0 Å². The predicted molar refractivity (Wildman–Crippen MR) is 77.4 cm³/mol. The third-order valence-corrected chi connectivity index (χ3v) is 4.05. The Balaban J connectivity index is 2.14. The van der Waals surface area contributed by atoms with E-state index >= 15 is 0 Å². The lowest BCUT2D eigenvalue weighted by Gasteiger charge is -2.27. The van der Waals surface area contributed by atoms with Crippen LogP contribution in [0.3, 0.4) is 0 Å². The first-order chi connectivity index (χ1) is 9.95. The molecule has 0 saturated carbocycles. The minimum atomic E-state index is -0.885. The maximum atomic E-state index is 13.5. The normalized spacial score (nSPS) is 17.3. The van der Waals surface area contributed by atoms with Gasteiger partial charge in [0.2, 0.25) is 5.91 Å². The van der Waals surface area contributed by atoms with E-state index in [4.69, 9.17) is 0 Å². The number of carbonyl (C=O) groups excluding carboxylic acids is 1. The minimum Gasteiger partial charge on any atom is -0.326 e. The number of carbonyl (C=O) groups is 1. The molecule has 1 N–H and O–H groups in total. The lowest BCUT2D eigenvalue weighted by molar-refractivity contribution is -0.116. The molecule has 0 bridgehead atoms. The standard InChI is InChI=1S/C17H15F2NO/c1-9-5-13-12(11-3-4-14(18)15(19)7-11)8-17(21)20-16(13)6-10(9)2/h3-7,12H,8H2,1-2H3,(H,20,21)/t12-/m1/s1. The Morgan fingerprint density at radius 2 is 1.76 bits per heavy atom. The van der Waals surface area contributed by atoms with Gasteiger partial charge < -0.3 is 5.32 Å². The molecule has 0 aliphatic carbocycles. The fraction of sp³-hybridized carbons (Fsp3) is 0.235. The molecule has 1 atom stereocenters. The first-order valence-electron chi connectivity index (χ1n) is 6.81. The number of benzene rings is 2. The van der Waals surface area contributed by atoms with Gasteiger partial charge in [-0.1, -0.05) is 12.1 Å². The Kier molecular flexibility index (Phi) is 3.24. The van der Waals surface area contributed by atoms with Crippen molar-refractivity contribution in [2.75, 3.05) is 5.32 Å². The van der Waals surface area contributed by atoms with Gasteiger partial charge in [-0.25, -0.2) is 8.78 Å². The summed E-state index contributed by atoms with van der Waals surface area (Å²) in [5.74, 6) is -2.12. The molecule has 1 aliphatic rings. The molecule has 2 aromatic rings. The second-order valence-corrected chi connectivity index (χ2v) is 5.50. The number of hydrogen-bond acceptors (Lipinski definition) is 1. The van der Waals surface area contributed by atoms with Crippen molar-refractivity contribution in [3.8, 4) is 0 Å². The lowest BCUT2D eigenvalue weighted by atomic mass is 9.83. The van der Waals surface area contributed by atoms with E-state index in [-0.39, 0.29) is 18.2 Å². The second kappa shape index (κ2) is 4.95. The van der Waals surface area contributed by atoms with E-state index in [9.17, 15) is 13.6 Å². The van der Waals surface area contributed by atoms with Gasteiger partial charge in [-0.3, -0.25) is 4.79 Å². The summed E-state index contributed by atoms with van der Waals surface area (Å²) in [6, 6.07) is 7.76. The van der Waals surface area contributed by atoms with Crippen LogP contribution in [0, 0.1) is 25.5 Å². The highest BCUT2D eigenvalue weighted by Crippen LogP contribution is 2.38. The summed E-state index contributed by atoms with van der Waals surface area (Å²) in [5.41, 5.74) is 4.51. The van der Waals surface area contributed by atoms with Crippen LogP contribution < -0.4 is 5.32 Å². The topological polar surface area (TPSA) is 29.1 Å². The summed E-state index contributed by atoms with van der Waals surface area (Å²) in [6.45, 7) is 3.97. The minimum absolute atomic E-state index is 0.111. The fourth-order valence-electron chi connectivity index (χ4n) is 2.76. The van der Waals surface area contributed by atoms with Gasteiger partial charge in [0.25, 0.3) is 0 Å². The zero-order valence-corrected chi connectivity index (χ0v) is 11.8. The Morgan fingerprint density at radius 1 is 1.05 bits per heavy atom. The zero-order chi connectivity index (χ0) is 15.1. The van der Waals surface area contributed by atoms with Crippen LogP contribution in [0.25, 0.3) is 0 Å². The number of aryl methyl sites for hydroxylation is 2. The number of nitrogens with one attached hydrogen (secondary N) is 1. The van der Waals surface area contributed by atoms with Gasteiger partial charge in [-0.15, -0.1) is 0 Å². The molecule has 108 valence electrons. The first-order valence-corrected chi connectivity index (χ1v) is 6.81. The summed E-state index contributed by atoms with van der Waals surface area (Å²) in [5, 5.41) is 2.85. The molecule has 1 amide bonds. The maximum absolute atomic E-state index is 13.5. The van der Waals surface area contributed by atoms with E-state index in [1.54, 1.807) is 6.07 Å². The van der Waals surface area contributed by atoms with Crippen molar-refractivity contribution in [1.29, 1.82) is 0 Å². The Hall–Kier alpha value is -2.23. The lowest BCUT2D eigenvalue weighted by Crippen LogP contribution is -2.24. The number of rotatable bonds is 1. The van der Waals surface area contributed by atoms with Crippen molar-refractivity contribution in [1.82, 2.24) is 0 Å². The molecule has 1 aliphatic heterocycles. The van der Waals surface area contributed by atoms with E-state index in [1.165, 1.54) is 6.07 Å². The fourth-order valence-corrected chi connectivity index (χ4v) is 2.76. The first kappa shape index (κ1) is 13.7. The van der Waals surface area contributed by atoms with Crippen LogP contribution in [0.2, 0.25) is 0 Å². The number of anilines is 1. The van der Waals surface area contributed by atoms with Crippen LogP contribution in [-0.4, -0.2) is 5.91 Å². The summed E-state index contributed by atoms with van der Waals surface area (Å²) < 4.78 is 26.6. The van der Waals surface area contributed by atoms with Gasteiger partial charge in [0.1, 0.15) is 0 Å². The molecular formula is C17H15F2NO. The summed E-state index contributed by atoms with van der Waals surface area (Å²) in [7, 11) is 0. The van der Waals surface area contributed by atoms with Crippen LogP contribution in [0.5, 0.6) is 0 Å². The number of amides is 1. The van der Waals surface area contributed by atoms with Gasteiger partial charge in [-0.2, -0.15) is 0 Å². The SMILES string of the molecule is Cc1cc2c(cc1C)[C@@H](c1ccc(F)c(F)c1)CC(=O)N2. The van der Waals surface area contributed by atoms with Gasteiger partial charge in [0, 0.05) is 18.0 Å². The molecule has 2 nitrogen and oxygen atoms in total. The van der Waals surface area contributed by atoms with E-state index in [0.29, 0.717) is 5.56 Å². The molecule has 0 saturated heterocycles. The second-order valence-electron chi connectivity index (χ2n) is 5.50. The van der Waals surface area contributed by atoms with Crippen molar-refractivity contribution >= 4 is 11.6 Å². The monoisotopic (exact) mass is 287 g/mol. The number of halogens is 2. The van der Waals surface area contributed by atoms with E-state index in [1.807, 2.05) is 26.0 Å².